The summed E-state index contributed by atoms with van der Waals surface area (Å²) in [4.78, 5) is 3.95. The second kappa shape index (κ2) is 4.99. The Bertz CT molecular complexity index is 468. The highest BCUT2D eigenvalue weighted by Gasteiger charge is 2.01. The van der Waals surface area contributed by atoms with Crippen molar-refractivity contribution < 1.29 is 4.74 Å². The molecule has 2 nitrogen and oxygen atoms in total. The predicted octanol–water partition coefficient (Wildman–Crippen LogP) is 3.62. The van der Waals surface area contributed by atoms with Crippen LogP contribution in [-0.2, 0) is 6.61 Å². The average molecular weight is 234 g/mol. The monoisotopic (exact) mass is 233 g/mol. The molecule has 0 unspecified atom stereocenters. The maximum Gasteiger partial charge on any atom is 0.171 e. The molecule has 0 saturated carbocycles. The van der Waals surface area contributed by atoms with Crippen LogP contribution >= 0.6 is 11.6 Å². The Morgan fingerprint density at radius 3 is 2.62 bits per heavy atom. The summed E-state index contributed by atoms with van der Waals surface area (Å²) in [5.41, 5.74) is 2.36. The van der Waals surface area contributed by atoms with Gasteiger partial charge in [-0.05, 0) is 24.6 Å². The van der Waals surface area contributed by atoms with Gasteiger partial charge in [0.1, 0.15) is 6.61 Å². The first-order valence-corrected chi connectivity index (χ1v) is 5.42. The molecule has 0 N–H and O–H groups in total. The van der Waals surface area contributed by atoms with Gasteiger partial charge in [0.05, 0.1) is 0 Å². The second-order valence-corrected chi connectivity index (χ2v) is 3.92. The molecule has 0 fully saturated rings. The van der Waals surface area contributed by atoms with Crippen molar-refractivity contribution in [1.29, 1.82) is 0 Å². The first-order valence-electron chi connectivity index (χ1n) is 5.04. The topological polar surface area (TPSA) is 22.1 Å². The Balaban J connectivity index is 2.02. The molecule has 0 aliphatic rings. The highest BCUT2D eigenvalue weighted by Crippen LogP contribution is 2.21. The number of pyridine rings is 1. The van der Waals surface area contributed by atoms with Gasteiger partial charge in [0.15, 0.2) is 10.9 Å². The molecule has 16 heavy (non-hydrogen) atoms. The van der Waals surface area contributed by atoms with Crippen LogP contribution in [0.2, 0.25) is 5.15 Å². The van der Waals surface area contributed by atoms with Crippen molar-refractivity contribution in [3.63, 3.8) is 0 Å². The maximum absolute atomic E-state index is 5.88. The first-order chi connectivity index (χ1) is 7.75. The minimum absolute atomic E-state index is 0.398. The Hall–Kier alpha value is -1.54. The number of rotatable bonds is 3. The summed E-state index contributed by atoms with van der Waals surface area (Å²) < 4.78 is 5.57. The van der Waals surface area contributed by atoms with E-state index < -0.39 is 0 Å². The van der Waals surface area contributed by atoms with E-state index in [2.05, 4.69) is 24.0 Å². The molecule has 1 aromatic carbocycles. The van der Waals surface area contributed by atoms with E-state index in [1.54, 1.807) is 12.3 Å². The van der Waals surface area contributed by atoms with E-state index in [9.17, 15) is 0 Å². The fourth-order valence-electron chi connectivity index (χ4n) is 1.32. The van der Waals surface area contributed by atoms with Crippen LogP contribution in [0.5, 0.6) is 5.75 Å². The van der Waals surface area contributed by atoms with Crippen LogP contribution in [0.3, 0.4) is 0 Å². The fourth-order valence-corrected chi connectivity index (χ4v) is 1.50. The van der Waals surface area contributed by atoms with Gasteiger partial charge in [-0.15, -0.1) is 0 Å². The molecule has 82 valence electrons. The molecule has 1 heterocycles. The molecule has 0 spiro atoms. The van der Waals surface area contributed by atoms with E-state index >= 15 is 0 Å². The van der Waals surface area contributed by atoms with Gasteiger partial charge in [-0.1, -0.05) is 41.4 Å². The van der Waals surface area contributed by atoms with Crippen LogP contribution < -0.4 is 4.74 Å². The van der Waals surface area contributed by atoms with Crippen molar-refractivity contribution in [2.45, 2.75) is 13.5 Å². The summed E-state index contributed by atoms with van der Waals surface area (Å²) in [5.74, 6) is 0.616. The first kappa shape index (κ1) is 11.0. The van der Waals surface area contributed by atoms with E-state index in [0.717, 1.165) is 5.56 Å². The van der Waals surface area contributed by atoms with E-state index in [4.69, 9.17) is 16.3 Å². The highest BCUT2D eigenvalue weighted by molar-refractivity contribution is 6.30. The van der Waals surface area contributed by atoms with Crippen molar-refractivity contribution in [3.05, 3.63) is 58.9 Å². The van der Waals surface area contributed by atoms with Crippen LogP contribution in [0.15, 0.2) is 42.6 Å². The Labute approximate surface area is 99.9 Å². The summed E-state index contributed by atoms with van der Waals surface area (Å²) in [5, 5.41) is 0.398. The van der Waals surface area contributed by atoms with Gasteiger partial charge in [-0.3, -0.25) is 0 Å². The SMILES string of the molecule is Cc1ccc(COc2cccnc2Cl)cc1. The second-order valence-electron chi connectivity index (χ2n) is 3.57. The standard InChI is InChI=1S/C13H12ClNO/c1-10-4-6-11(7-5-10)9-16-12-3-2-8-15-13(12)14/h2-8H,9H2,1H3. The molecule has 0 saturated heterocycles. The summed E-state index contributed by atoms with van der Waals surface area (Å²) in [6.07, 6.45) is 1.64. The lowest BCUT2D eigenvalue weighted by atomic mass is 10.2. The van der Waals surface area contributed by atoms with Crippen molar-refractivity contribution >= 4 is 11.6 Å². The van der Waals surface area contributed by atoms with Gasteiger partial charge in [-0.2, -0.15) is 0 Å². The van der Waals surface area contributed by atoms with Gasteiger partial charge in [0.25, 0.3) is 0 Å². The number of hydrogen-bond acceptors (Lipinski definition) is 2. The van der Waals surface area contributed by atoms with Gasteiger partial charge in [-0.25, -0.2) is 4.98 Å². The maximum atomic E-state index is 5.88. The van der Waals surface area contributed by atoms with E-state index in [1.165, 1.54) is 5.56 Å². The molecule has 0 bridgehead atoms. The predicted molar refractivity (Wildman–Crippen MR) is 64.8 cm³/mol. The van der Waals surface area contributed by atoms with Crippen molar-refractivity contribution in [1.82, 2.24) is 4.98 Å². The van der Waals surface area contributed by atoms with Gasteiger partial charge < -0.3 is 4.74 Å². The zero-order chi connectivity index (χ0) is 11.4. The third-order valence-electron chi connectivity index (χ3n) is 2.24. The molecular formula is C13H12ClNO. The van der Waals surface area contributed by atoms with Crippen LogP contribution in [-0.4, -0.2) is 4.98 Å². The van der Waals surface area contributed by atoms with Crippen LogP contribution in [0.1, 0.15) is 11.1 Å². The average Bonchev–Trinajstić information content (AvgIpc) is 2.30. The largest absolute Gasteiger partial charge is 0.486 e. The number of aromatic nitrogens is 1. The van der Waals surface area contributed by atoms with Gasteiger partial charge in [0.2, 0.25) is 0 Å². The summed E-state index contributed by atoms with van der Waals surface area (Å²) >= 11 is 5.88. The number of ether oxygens (including phenoxy) is 1. The quantitative estimate of drug-likeness (QED) is 0.756. The molecule has 0 atom stereocenters. The Morgan fingerprint density at radius 2 is 1.94 bits per heavy atom. The molecule has 0 aliphatic heterocycles. The number of nitrogens with zero attached hydrogens (tertiary/aromatic N) is 1. The van der Waals surface area contributed by atoms with E-state index in [1.807, 2.05) is 18.2 Å². The van der Waals surface area contributed by atoms with E-state index in [-0.39, 0.29) is 0 Å². The number of benzene rings is 1. The molecule has 1 aromatic heterocycles. The smallest absolute Gasteiger partial charge is 0.171 e. The molecule has 0 radical (unpaired) electrons. The lowest BCUT2D eigenvalue weighted by Crippen LogP contribution is -1.96. The van der Waals surface area contributed by atoms with Crippen LogP contribution in [0, 0.1) is 6.92 Å². The summed E-state index contributed by atoms with van der Waals surface area (Å²) in [7, 11) is 0. The van der Waals surface area contributed by atoms with Crippen molar-refractivity contribution in [3.8, 4) is 5.75 Å². The molecule has 0 amide bonds. The number of aryl methyl sites for hydroxylation is 1. The third-order valence-corrected chi connectivity index (χ3v) is 2.52. The van der Waals surface area contributed by atoms with Crippen molar-refractivity contribution in [2.75, 3.05) is 0 Å². The highest BCUT2D eigenvalue weighted by atomic mass is 35.5. The summed E-state index contributed by atoms with van der Waals surface area (Å²) in [6, 6.07) is 11.8. The lowest BCUT2D eigenvalue weighted by Gasteiger charge is -2.07. The van der Waals surface area contributed by atoms with Gasteiger partial charge >= 0.3 is 0 Å². The Morgan fingerprint density at radius 1 is 1.19 bits per heavy atom. The Kier molecular flexibility index (Phi) is 3.42. The molecule has 2 rings (SSSR count). The lowest BCUT2D eigenvalue weighted by molar-refractivity contribution is 0.305. The fraction of sp³-hybridized carbons (Fsp3) is 0.154. The zero-order valence-corrected chi connectivity index (χ0v) is 9.74. The third kappa shape index (κ3) is 2.74. The minimum atomic E-state index is 0.398. The van der Waals surface area contributed by atoms with Crippen LogP contribution in [0.25, 0.3) is 0 Å². The molecule has 2 aromatic rings. The molecular weight excluding hydrogens is 222 g/mol. The van der Waals surface area contributed by atoms with Crippen molar-refractivity contribution in [2.24, 2.45) is 0 Å². The zero-order valence-electron chi connectivity index (χ0n) is 8.98. The normalized spacial score (nSPS) is 10.1. The molecule has 0 aliphatic carbocycles. The summed E-state index contributed by atoms with van der Waals surface area (Å²) in [6.45, 7) is 2.56. The van der Waals surface area contributed by atoms with Crippen LogP contribution in [0.4, 0.5) is 0 Å². The number of hydrogen-bond donors (Lipinski definition) is 0. The van der Waals surface area contributed by atoms with Gasteiger partial charge in [0, 0.05) is 6.20 Å². The van der Waals surface area contributed by atoms with E-state index in [0.29, 0.717) is 17.5 Å². The molecule has 3 heteroatoms. The number of halogens is 1. The minimum Gasteiger partial charge on any atom is -0.486 e.